The lowest BCUT2D eigenvalue weighted by atomic mass is 10.2. The van der Waals surface area contributed by atoms with E-state index in [1.165, 1.54) is 6.20 Å². The van der Waals surface area contributed by atoms with E-state index < -0.39 is 5.91 Å². The van der Waals surface area contributed by atoms with Crippen LogP contribution in [0.15, 0.2) is 23.7 Å². The number of amides is 1. The van der Waals surface area contributed by atoms with E-state index in [0.717, 1.165) is 10.2 Å². The van der Waals surface area contributed by atoms with Gasteiger partial charge in [0.05, 0.1) is 5.56 Å². The van der Waals surface area contributed by atoms with E-state index in [1.807, 2.05) is 11.4 Å². The summed E-state index contributed by atoms with van der Waals surface area (Å²) in [5.74, 6) is -0.435. The number of fused-ring (bicyclic) bond motifs is 1. The second-order valence-electron chi connectivity index (χ2n) is 2.40. The van der Waals surface area contributed by atoms with Crippen molar-refractivity contribution in [1.82, 2.24) is 4.98 Å². The van der Waals surface area contributed by atoms with Crippen molar-refractivity contribution in [2.75, 3.05) is 0 Å². The van der Waals surface area contributed by atoms with Crippen LogP contribution in [0.5, 0.6) is 0 Å². The monoisotopic (exact) mass is 214 g/mol. The van der Waals surface area contributed by atoms with Crippen LogP contribution in [-0.2, 0) is 0 Å². The molecule has 0 fully saturated rings. The number of nitrogens with zero attached hydrogens (tertiary/aromatic N) is 1. The molecule has 0 saturated heterocycles. The number of primary amides is 1. The maximum Gasteiger partial charge on any atom is 0.250 e. The van der Waals surface area contributed by atoms with Gasteiger partial charge in [-0.1, -0.05) is 0 Å². The van der Waals surface area contributed by atoms with Crippen LogP contribution in [-0.4, -0.2) is 10.9 Å². The van der Waals surface area contributed by atoms with E-state index in [1.54, 1.807) is 17.4 Å². The zero-order valence-electron chi connectivity index (χ0n) is 6.56. The van der Waals surface area contributed by atoms with Gasteiger partial charge in [0.2, 0.25) is 5.91 Å². The number of hydrogen-bond acceptors (Lipinski definition) is 3. The Kier molecular flexibility index (Phi) is 2.85. The fraction of sp³-hybridized carbons (Fsp3) is 0. The lowest BCUT2D eigenvalue weighted by Gasteiger charge is -1.93. The zero-order valence-corrected chi connectivity index (χ0v) is 8.19. The lowest BCUT2D eigenvalue weighted by Crippen LogP contribution is -2.10. The summed E-state index contributed by atoms with van der Waals surface area (Å²) in [5.41, 5.74) is 5.56. The Bertz CT molecular complexity index is 440. The fourth-order valence-corrected chi connectivity index (χ4v) is 1.71. The molecule has 2 aromatic heterocycles. The molecule has 0 radical (unpaired) electrons. The molecular formula is C8H7ClN2OS. The van der Waals surface area contributed by atoms with E-state index in [0.29, 0.717) is 5.56 Å². The second kappa shape index (κ2) is 3.72. The average molecular weight is 215 g/mol. The first-order valence-corrected chi connectivity index (χ1v) is 4.28. The molecule has 0 atom stereocenters. The number of rotatable bonds is 1. The third-order valence-corrected chi connectivity index (χ3v) is 2.43. The smallest absolute Gasteiger partial charge is 0.250 e. The first-order valence-electron chi connectivity index (χ1n) is 3.40. The summed E-state index contributed by atoms with van der Waals surface area (Å²) in [4.78, 5) is 15.8. The average Bonchev–Trinajstić information content (AvgIpc) is 2.49. The first kappa shape index (κ1) is 9.95. The first-order chi connectivity index (χ1) is 5.77. The van der Waals surface area contributed by atoms with Crippen LogP contribution in [0.3, 0.4) is 0 Å². The third kappa shape index (κ3) is 1.79. The summed E-state index contributed by atoms with van der Waals surface area (Å²) in [7, 11) is 0. The summed E-state index contributed by atoms with van der Waals surface area (Å²) >= 11 is 1.54. The molecule has 2 heterocycles. The van der Waals surface area contributed by atoms with Gasteiger partial charge in [-0.25, -0.2) is 4.98 Å². The molecule has 0 aliphatic rings. The predicted octanol–water partition coefficient (Wildman–Crippen LogP) is 1.82. The molecule has 0 bridgehead atoms. The maximum atomic E-state index is 10.8. The molecule has 2 N–H and O–H groups in total. The van der Waals surface area contributed by atoms with E-state index in [2.05, 4.69) is 4.98 Å². The Hall–Kier alpha value is -1.13. The summed E-state index contributed by atoms with van der Waals surface area (Å²) in [6.07, 6.45) is 1.50. The van der Waals surface area contributed by atoms with Gasteiger partial charge in [0.15, 0.2) is 0 Å². The van der Waals surface area contributed by atoms with Crippen molar-refractivity contribution in [1.29, 1.82) is 0 Å². The van der Waals surface area contributed by atoms with Crippen molar-refractivity contribution in [2.24, 2.45) is 5.73 Å². The molecule has 0 spiro atoms. The number of halogens is 1. The molecule has 13 heavy (non-hydrogen) atoms. The SMILES string of the molecule is Cl.NC(=O)c1cnc2sccc2c1. The number of carbonyl (C=O) groups is 1. The van der Waals surface area contributed by atoms with E-state index >= 15 is 0 Å². The van der Waals surface area contributed by atoms with Gasteiger partial charge >= 0.3 is 0 Å². The third-order valence-electron chi connectivity index (χ3n) is 1.59. The number of thiophene rings is 1. The topological polar surface area (TPSA) is 56.0 Å². The molecule has 0 aromatic carbocycles. The lowest BCUT2D eigenvalue weighted by molar-refractivity contribution is 0.1000. The summed E-state index contributed by atoms with van der Waals surface area (Å²) in [5, 5.41) is 2.90. The van der Waals surface area contributed by atoms with Crippen LogP contribution in [0, 0.1) is 0 Å². The minimum atomic E-state index is -0.435. The Morgan fingerprint density at radius 2 is 2.31 bits per heavy atom. The summed E-state index contributed by atoms with van der Waals surface area (Å²) in [6.45, 7) is 0. The molecule has 68 valence electrons. The van der Waals surface area contributed by atoms with Crippen LogP contribution in [0.2, 0.25) is 0 Å². The minimum absolute atomic E-state index is 0. The predicted molar refractivity (Wildman–Crippen MR) is 55.4 cm³/mol. The van der Waals surface area contributed by atoms with Crippen LogP contribution in [0.4, 0.5) is 0 Å². The van der Waals surface area contributed by atoms with Gasteiger partial charge in [-0.3, -0.25) is 4.79 Å². The summed E-state index contributed by atoms with van der Waals surface area (Å²) < 4.78 is 0. The molecule has 0 aliphatic heterocycles. The second-order valence-corrected chi connectivity index (χ2v) is 3.30. The van der Waals surface area contributed by atoms with Crippen molar-refractivity contribution in [3.63, 3.8) is 0 Å². The highest BCUT2D eigenvalue weighted by Crippen LogP contribution is 2.18. The molecule has 5 heteroatoms. The number of aromatic nitrogens is 1. The number of hydrogen-bond donors (Lipinski definition) is 1. The Morgan fingerprint density at radius 3 is 3.00 bits per heavy atom. The van der Waals surface area contributed by atoms with Gasteiger partial charge in [-0.15, -0.1) is 23.7 Å². The fourth-order valence-electron chi connectivity index (χ4n) is 0.994. The molecule has 0 unspecified atom stereocenters. The largest absolute Gasteiger partial charge is 0.366 e. The molecule has 1 amide bonds. The molecule has 2 aromatic rings. The van der Waals surface area contributed by atoms with Gasteiger partial charge in [0, 0.05) is 11.6 Å². The standard InChI is InChI=1S/C8H6N2OS.ClH/c9-7(11)6-3-5-1-2-12-8(5)10-4-6;/h1-4H,(H2,9,11);1H. The van der Waals surface area contributed by atoms with Gasteiger partial charge < -0.3 is 5.73 Å². The highest BCUT2D eigenvalue weighted by Gasteiger charge is 2.02. The number of nitrogens with two attached hydrogens (primary N) is 1. The number of pyridine rings is 1. The van der Waals surface area contributed by atoms with Crippen molar-refractivity contribution < 1.29 is 4.79 Å². The Morgan fingerprint density at radius 1 is 1.54 bits per heavy atom. The molecule has 0 saturated carbocycles. The zero-order chi connectivity index (χ0) is 8.55. The highest BCUT2D eigenvalue weighted by molar-refractivity contribution is 7.16. The van der Waals surface area contributed by atoms with Crippen LogP contribution in [0.25, 0.3) is 10.2 Å². The van der Waals surface area contributed by atoms with Gasteiger partial charge in [0.1, 0.15) is 4.83 Å². The molecule has 2 rings (SSSR count). The van der Waals surface area contributed by atoms with Crippen LogP contribution >= 0.6 is 23.7 Å². The number of carbonyl (C=O) groups excluding carboxylic acids is 1. The highest BCUT2D eigenvalue weighted by atomic mass is 35.5. The minimum Gasteiger partial charge on any atom is -0.366 e. The van der Waals surface area contributed by atoms with Crippen LogP contribution in [0.1, 0.15) is 10.4 Å². The van der Waals surface area contributed by atoms with Crippen molar-refractivity contribution in [2.45, 2.75) is 0 Å². The van der Waals surface area contributed by atoms with E-state index in [9.17, 15) is 4.79 Å². The normalized spacial score (nSPS) is 9.54. The van der Waals surface area contributed by atoms with E-state index in [4.69, 9.17) is 5.73 Å². The van der Waals surface area contributed by atoms with Crippen molar-refractivity contribution in [3.05, 3.63) is 29.3 Å². The Labute approximate surface area is 85.0 Å². The molecule has 3 nitrogen and oxygen atoms in total. The van der Waals surface area contributed by atoms with Crippen molar-refractivity contribution in [3.8, 4) is 0 Å². The van der Waals surface area contributed by atoms with Crippen LogP contribution < -0.4 is 5.73 Å². The quantitative estimate of drug-likeness (QED) is 0.787. The van der Waals surface area contributed by atoms with Crippen molar-refractivity contribution >= 4 is 39.9 Å². The molecular weight excluding hydrogens is 208 g/mol. The van der Waals surface area contributed by atoms with Gasteiger partial charge in [-0.2, -0.15) is 0 Å². The van der Waals surface area contributed by atoms with Gasteiger partial charge in [-0.05, 0) is 17.5 Å². The van der Waals surface area contributed by atoms with E-state index in [-0.39, 0.29) is 12.4 Å². The molecule has 0 aliphatic carbocycles. The maximum absolute atomic E-state index is 10.8. The van der Waals surface area contributed by atoms with Gasteiger partial charge in [0.25, 0.3) is 0 Å². The Balaban J connectivity index is 0.000000845. The summed E-state index contributed by atoms with van der Waals surface area (Å²) in [6, 6.07) is 3.67.